The highest BCUT2D eigenvalue weighted by Gasteiger charge is 2.24. The molecular formula is C34H36FN5O3. The highest BCUT2D eigenvalue weighted by molar-refractivity contribution is 5.64. The Balaban J connectivity index is 1.67. The fraction of sp³-hybridized carbons (Fsp3) is 0.294. The molecule has 0 aliphatic carbocycles. The van der Waals surface area contributed by atoms with Crippen LogP contribution in [0.15, 0.2) is 76.6 Å². The number of pyridine rings is 1. The molecule has 0 aliphatic rings. The quantitative estimate of drug-likeness (QED) is 0.242. The molecule has 0 saturated heterocycles. The first-order chi connectivity index (χ1) is 20.6. The zero-order valence-corrected chi connectivity index (χ0v) is 25.1. The Hall–Kier alpha value is -4.79. The molecular weight excluding hydrogens is 545 g/mol. The average Bonchev–Trinajstić information content (AvgIpc) is 3.44. The second kappa shape index (κ2) is 12.2. The van der Waals surface area contributed by atoms with Crippen LogP contribution in [0.1, 0.15) is 49.9 Å². The van der Waals surface area contributed by atoms with Gasteiger partial charge in [-0.15, -0.1) is 0 Å². The van der Waals surface area contributed by atoms with Crippen LogP contribution in [0.3, 0.4) is 0 Å². The molecule has 222 valence electrons. The third-order valence-electron chi connectivity index (χ3n) is 7.59. The molecule has 8 nitrogen and oxygen atoms in total. The number of benzene rings is 2. The lowest BCUT2D eigenvalue weighted by atomic mass is 10.00. The lowest BCUT2D eigenvalue weighted by Crippen LogP contribution is -2.27. The highest BCUT2D eigenvalue weighted by atomic mass is 19.1. The number of hydrogen-bond donors (Lipinski definition) is 1. The number of halogens is 1. The van der Waals surface area contributed by atoms with E-state index in [4.69, 9.17) is 0 Å². The summed E-state index contributed by atoms with van der Waals surface area (Å²) in [5, 5.41) is 15.8. The minimum atomic E-state index is -0.592. The number of nitrogens with zero attached hydrogens (tertiary/aromatic N) is 5. The standard InChI is InChI=1S/C34H36FN5O3/c1-6-23-10-8-11-24(7-2)30(23)40-31(29-15-17-39(37-29)20-21(3)4)36-32(41)27(34(40)43)18-22-13-14-25(28(35)19-22)26-12-9-16-38(5)33(26)42/h8-17,19,21,41H,6-7,18,20H2,1-5H3. The van der Waals surface area contributed by atoms with E-state index in [-0.39, 0.29) is 34.5 Å². The van der Waals surface area contributed by atoms with Gasteiger partial charge in [-0.25, -0.2) is 4.39 Å². The van der Waals surface area contributed by atoms with Crippen LogP contribution in [0.25, 0.3) is 28.3 Å². The molecule has 0 saturated carbocycles. The first-order valence-corrected chi connectivity index (χ1v) is 14.6. The molecule has 5 aromatic rings. The summed E-state index contributed by atoms with van der Waals surface area (Å²) in [6.07, 6.45) is 4.75. The van der Waals surface area contributed by atoms with E-state index in [1.807, 2.05) is 38.2 Å². The minimum absolute atomic E-state index is 0.0427. The predicted molar refractivity (Wildman–Crippen MR) is 166 cm³/mol. The van der Waals surface area contributed by atoms with Crippen molar-refractivity contribution in [2.45, 2.75) is 53.5 Å². The van der Waals surface area contributed by atoms with Crippen molar-refractivity contribution in [3.05, 3.63) is 116 Å². The summed E-state index contributed by atoms with van der Waals surface area (Å²) in [4.78, 5) is 31.5. The fourth-order valence-corrected chi connectivity index (χ4v) is 5.43. The molecule has 0 bridgehead atoms. The van der Waals surface area contributed by atoms with Gasteiger partial charge in [0.25, 0.3) is 11.1 Å². The van der Waals surface area contributed by atoms with Gasteiger partial charge in [0, 0.05) is 38.0 Å². The second-order valence-electron chi connectivity index (χ2n) is 11.2. The summed E-state index contributed by atoms with van der Waals surface area (Å²) in [6, 6.07) is 15.5. The average molecular weight is 582 g/mol. The Kier molecular flexibility index (Phi) is 8.43. The first kappa shape index (κ1) is 29.7. The molecule has 43 heavy (non-hydrogen) atoms. The van der Waals surface area contributed by atoms with Gasteiger partial charge in [0.15, 0.2) is 5.82 Å². The van der Waals surface area contributed by atoms with E-state index in [9.17, 15) is 14.7 Å². The molecule has 0 unspecified atom stereocenters. The minimum Gasteiger partial charge on any atom is -0.493 e. The molecule has 5 rings (SSSR count). The lowest BCUT2D eigenvalue weighted by molar-refractivity contribution is 0.443. The normalized spacial score (nSPS) is 11.4. The van der Waals surface area contributed by atoms with Crippen LogP contribution >= 0.6 is 0 Å². The van der Waals surface area contributed by atoms with E-state index >= 15 is 4.39 Å². The molecule has 0 aliphatic heterocycles. The smallest absolute Gasteiger partial charge is 0.265 e. The van der Waals surface area contributed by atoms with Crippen molar-refractivity contribution in [3.8, 4) is 34.2 Å². The summed E-state index contributed by atoms with van der Waals surface area (Å²) in [5.74, 6) is -0.415. The van der Waals surface area contributed by atoms with E-state index < -0.39 is 17.3 Å². The molecule has 3 heterocycles. The van der Waals surface area contributed by atoms with Crippen molar-refractivity contribution in [2.24, 2.45) is 13.0 Å². The van der Waals surface area contributed by atoms with Crippen molar-refractivity contribution in [3.63, 3.8) is 0 Å². The number of aromatic nitrogens is 5. The number of aryl methyl sites for hydroxylation is 3. The molecule has 3 aromatic heterocycles. The van der Waals surface area contributed by atoms with Crippen molar-refractivity contribution in [2.75, 3.05) is 0 Å². The maximum absolute atomic E-state index is 15.4. The van der Waals surface area contributed by atoms with Gasteiger partial charge in [-0.3, -0.25) is 18.8 Å². The van der Waals surface area contributed by atoms with E-state index in [0.29, 0.717) is 36.6 Å². The summed E-state index contributed by atoms with van der Waals surface area (Å²) in [5.41, 5.74) is 3.26. The molecule has 0 radical (unpaired) electrons. The topological polar surface area (TPSA) is 94.9 Å². The van der Waals surface area contributed by atoms with Gasteiger partial charge < -0.3 is 9.67 Å². The van der Waals surface area contributed by atoms with Gasteiger partial charge >= 0.3 is 0 Å². The second-order valence-corrected chi connectivity index (χ2v) is 11.2. The Morgan fingerprint density at radius 2 is 1.63 bits per heavy atom. The number of aromatic hydroxyl groups is 1. The number of hydrogen-bond acceptors (Lipinski definition) is 5. The predicted octanol–water partition coefficient (Wildman–Crippen LogP) is 5.68. The zero-order valence-electron chi connectivity index (χ0n) is 25.1. The molecule has 1 N–H and O–H groups in total. The fourth-order valence-electron chi connectivity index (χ4n) is 5.43. The Morgan fingerprint density at radius 1 is 0.907 bits per heavy atom. The van der Waals surface area contributed by atoms with Gasteiger partial charge in [-0.05, 0) is 59.7 Å². The zero-order chi connectivity index (χ0) is 30.8. The molecule has 0 amide bonds. The van der Waals surface area contributed by atoms with E-state index in [1.54, 1.807) is 46.8 Å². The maximum Gasteiger partial charge on any atom is 0.265 e. The number of para-hydroxylation sites is 1. The van der Waals surface area contributed by atoms with Gasteiger partial charge in [-0.1, -0.05) is 58.0 Å². The SMILES string of the molecule is CCc1cccc(CC)c1-n1c(-c2ccn(CC(C)C)n2)nc(O)c(Cc2ccc(-c3cccn(C)c3=O)c(F)c2)c1=O. The molecule has 0 spiro atoms. The first-order valence-electron chi connectivity index (χ1n) is 14.6. The van der Waals surface area contributed by atoms with Gasteiger partial charge in [0.2, 0.25) is 5.88 Å². The summed E-state index contributed by atoms with van der Waals surface area (Å²) in [7, 11) is 1.61. The van der Waals surface area contributed by atoms with Crippen molar-refractivity contribution in [1.29, 1.82) is 0 Å². The third-order valence-corrected chi connectivity index (χ3v) is 7.59. The molecule has 9 heteroatoms. The Bertz CT molecular complexity index is 1900. The van der Waals surface area contributed by atoms with E-state index in [2.05, 4.69) is 23.9 Å². The summed E-state index contributed by atoms with van der Waals surface area (Å²) in [6.45, 7) is 8.93. The molecule has 0 fully saturated rings. The number of rotatable bonds is 9. The van der Waals surface area contributed by atoms with Crippen LogP contribution in [0.5, 0.6) is 5.88 Å². The monoisotopic (exact) mass is 581 g/mol. The van der Waals surface area contributed by atoms with Crippen LogP contribution in [0.2, 0.25) is 0 Å². The maximum atomic E-state index is 15.4. The Morgan fingerprint density at radius 3 is 2.28 bits per heavy atom. The van der Waals surface area contributed by atoms with Crippen LogP contribution in [0.4, 0.5) is 4.39 Å². The van der Waals surface area contributed by atoms with Crippen LogP contribution < -0.4 is 11.1 Å². The van der Waals surface area contributed by atoms with Crippen molar-refractivity contribution < 1.29 is 9.50 Å². The van der Waals surface area contributed by atoms with Gasteiger partial charge in [-0.2, -0.15) is 10.1 Å². The molecule has 0 atom stereocenters. The Labute approximate surface area is 249 Å². The van der Waals surface area contributed by atoms with Gasteiger partial charge in [0.05, 0.1) is 16.8 Å². The summed E-state index contributed by atoms with van der Waals surface area (Å²) >= 11 is 0. The van der Waals surface area contributed by atoms with E-state index in [0.717, 1.165) is 16.8 Å². The van der Waals surface area contributed by atoms with Crippen molar-refractivity contribution >= 4 is 0 Å². The van der Waals surface area contributed by atoms with Gasteiger partial charge in [0.1, 0.15) is 11.5 Å². The van der Waals surface area contributed by atoms with Crippen LogP contribution in [0, 0.1) is 11.7 Å². The van der Waals surface area contributed by atoms with Crippen LogP contribution in [-0.2, 0) is 32.9 Å². The molecule has 2 aromatic carbocycles. The highest BCUT2D eigenvalue weighted by Crippen LogP contribution is 2.29. The lowest BCUT2D eigenvalue weighted by Gasteiger charge is -2.19. The van der Waals surface area contributed by atoms with Crippen LogP contribution in [-0.4, -0.2) is 29.0 Å². The van der Waals surface area contributed by atoms with Crippen molar-refractivity contribution in [1.82, 2.24) is 23.9 Å². The van der Waals surface area contributed by atoms with E-state index in [1.165, 1.54) is 16.7 Å². The third kappa shape index (κ3) is 5.80. The summed E-state index contributed by atoms with van der Waals surface area (Å²) < 4.78 is 20.1. The largest absolute Gasteiger partial charge is 0.493 e.